The molecule has 0 saturated carbocycles. The average Bonchev–Trinajstić information content (AvgIpc) is 3.18. The molecule has 0 spiro atoms. The van der Waals surface area contributed by atoms with Crippen molar-refractivity contribution in [2.24, 2.45) is 13.0 Å². The van der Waals surface area contributed by atoms with E-state index in [2.05, 4.69) is 26.7 Å². The molecule has 1 fully saturated rings. The van der Waals surface area contributed by atoms with Crippen molar-refractivity contribution in [1.29, 1.82) is 5.41 Å². The minimum Gasteiger partial charge on any atom is -0.406 e. The summed E-state index contributed by atoms with van der Waals surface area (Å²) >= 11 is 0. The number of aryl methyl sites for hydroxylation is 1. The molecule has 0 radical (unpaired) electrons. The number of carbonyl (C=O) groups is 1. The lowest BCUT2D eigenvalue weighted by atomic mass is 9.86. The van der Waals surface area contributed by atoms with Crippen LogP contribution in [0.15, 0.2) is 61.3 Å². The maximum Gasteiger partial charge on any atom is 0.573 e. The van der Waals surface area contributed by atoms with Gasteiger partial charge in [0.25, 0.3) is 5.91 Å². The molecular formula is C23H20F4N6O2. The normalized spacial score (nSPS) is 13.8. The molecule has 182 valence electrons. The Labute approximate surface area is 197 Å². The summed E-state index contributed by atoms with van der Waals surface area (Å²) in [5.41, 5.74) is 2.40. The number of likely N-dealkylation sites (tertiary alicyclic amines) is 1. The summed E-state index contributed by atoms with van der Waals surface area (Å²) in [5, 5.41) is 16.1. The summed E-state index contributed by atoms with van der Waals surface area (Å²) in [5.74, 6) is -2.33. The van der Waals surface area contributed by atoms with Crippen molar-refractivity contribution in [2.45, 2.75) is 6.36 Å². The number of pyridine rings is 1. The van der Waals surface area contributed by atoms with Gasteiger partial charge in [0.1, 0.15) is 11.6 Å². The molecule has 4 rings (SSSR count). The highest BCUT2D eigenvalue weighted by Gasteiger charge is 2.37. The first kappa shape index (κ1) is 23.9. The summed E-state index contributed by atoms with van der Waals surface area (Å²) in [4.78, 5) is 17.4. The standard InChI is InChI=1S/C23H20F4N6O2/c1-13(24)22(34)33-11-15(12-33)20(28)19-18(14-9-30-32(2)10-14)7-8-29-21(19)31-16-3-5-17(6-4-16)35-23(25,26)27/h3-10,15,28H,1,11-12H2,2H3,(H,29,31). The minimum absolute atomic E-state index is 0.144. The van der Waals surface area contributed by atoms with Crippen LogP contribution in [-0.2, 0) is 11.8 Å². The van der Waals surface area contributed by atoms with Gasteiger partial charge in [0.05, 0.1) is 6.20 Å². The van der Waals surface area contributed by atoms with E-state index in [1.165, 1.54) is 23.2 Å². The van der Waals surface area contributed by atoms with Gasteiger partial charge in [-0.05, 0) is 35.9 Å². The monoisotopic (exact) mass is 488 g/mol. The van der Waals surface area contributed by atoms with Crippen LogP contribution < -0.4 is 10.1 Å². The van der Waals surface area contributed by atoms with Gasteiger partial charge in [-0.1, -0.05) is 6.58 Å². The number of hydrogen-bond donors (Lipinski definition) is 2. The molecular weight excluding hydrogens is 468 g/mol. The molecule has 3 aromatic rings. The minimum atomic E-state index is -4.80. The molecule has 2 N–H and O–H groups in total. The smallest absolute Gasteiger partial charge is 0.406 e. The first-order valence-corrected chi connectivity index (χ1v) is 10.3. The summed E-state index contributed by atoms with van der Waals surface area (Å²) in [6, 6.07) is 6.82. The molecule has 1 aliphatic heterocycles. The van der Waals surface area contributed by atoms with Crippen LogP contribution in [0.1, 0.15) is 5.56 Å². The molecule has 12 heteroatoms. The van der Waals surface area contributed by atoms with Crippen LogP contribution in [0.2, 0.25) is 0 Å². The number of hydrogen-bond acceptors (Lipinski definition) is 6. The number of halogens is 4. The Morgan fingerprint density at radius 1 is 1.23 bits per heavy atom. The van der Waals surface area contributed by atoms with Crippen molar-refractivity contribution < 1.29 is 27.1 Å². The first-order valence-electron chi connectivity index (χ1n) is 10.3. The van der Waals surface area contributed by atoms with Crippen LogP contribution >= 0.6 is 0 Å². The second-order valence-electron chi connectivity index (χ2n) is 7.91. The van der Waals surface area contributed by atoms with Gasteiger partial charge in [-0.2, -0.15) is 5.10 Å². The van der Waals surface area contributed by atoms with Crippen molar-refractivity contribution in [3.63, 3.8) is 0 Å². The van der Waals surface area contributed by atoms with E-state index in [9.17, 15) is 22.4 Å². The number of nitrogens with zero attached hydrogens (tertiary/aromatic N) is 4. The van der Waals surface area contributed by atoms with Crippen LogP contribution in [0.5, 0.6) is 5.75 Å². The van der Waals surface area contributed by atoms with Gasteiger partial charge < -0.3 is 20.4 Å². The van der Waals surface area contributed by atoms with Gasteiger partial charge in [-0.15, -0.1) is 13.2 Å². The summed E-state index contributed by atoms with van der Waals surface area (Å²) < 4.78 is 56.0. The lowest BCUT2D eigenvalue weighted by Crippen LogP contribution is -2.53. The van der Waals surface area contributed by atoms with E-state index >= 15 is 0 Å². The molecule has 0 aliphatic carbocycles. The van der Waals surface area contributed by atoms with Crippen LogP contribution in [0.3, 0.4) is 0 Å². The highest BCUT2D eigenvalue weighted by molar-refractivity contribution is 6.10. The summed E-state index contributed by atoms with van der Waals surface area (Å²) in [6.07, 6.45) is 0.126. The van der Waals surface area contributed by atoms with E-state index in [4.69, 9.17) is 5.41 Å². The number of nitrogens with one attached hydrogen (secondary N) is 2. The third-order valence-corrected chi connectivity index (χ3v) is 5.40. The highest BCUT2D eigenvalue weighted by Crippen LogP contribution is 2.34. The third-order valence-electron chi connectivity index (χ3n) is 5.40. The number of rotatable bonds is 7. The van der Waals surface area contributed by atoms with Gasteiger partial charge in [0, 0.05) is 61.0 Å². The van der Waals surface area contributed by atoms with Gasteiger partial charge in [-0.25, -0.2) is 9.37 Å². The van der Waals surface area contributed by atoms with Gasteiger partial charge in [0.2, 0.25) is 0 Å². The van der Waals surface area contributed by atoms with Crippen LogP contribution in [0.25, 0.3) is 11.1 Å². The highest BCUT2D eigenvalue weighted by atomic mass is 19.4. The van der Waals surface area contributed by atoms with E-state index in [0.717, 1.165) is 17.7 Å². The maximum atomic E-state index is 13.2. The van der Waals surface area contributed by atoms with Crippen molar-refractivity contribution in [2.75, 3.05) is 18.4 Å². The van der Waals surface area contributed by atoms with E-state index in [1.54, 1.807) is 30.2 Å². The number of amides is 1. The second-order valence-corrected chi connectivity index (χ2v) is 7.91. The molecule has 1 aliphatic rings. The fourth-order valence-electron chi connectivity index (χ4n) is 3.71. The first-order chi connectivity index (χ1) is 16.5. The number of aromatic nitrogens is 3. The quantitative estimate of drug-likeness (QED) is 0.291. The largest absolute Gasteiger partial charge is 0.573 e. The number of benzene rings is 1. The molecule has 1 saturated heterocycles. The lowest BCUT2D eigenvalue weighted by molar-refractivity contribution is -0.274. The zero-order valence-corrected chi connectivity index (χ0v) is 18.4. The molecule has 0 bridgehead atoms. The lowest BCUT2D eigenvalue weighted by Gasteiger charge is -2.39. The zero-order valence-electron chi connectivity index (χ0n) is 18.4. The molecule has 1 amide bonds. The van der Waals surface area contributed by atoms with Crippen LogP contribution in [0, 0.1) is 11.3 Å². The maximum absolute atomic E-state index is 13.2. The number of alkyl halides is 3. The molecule has 35 heavy (non-hydrogen) atoms. The van der Waals surface area contributed by atoms with Crippen molar-refractivity contribution in [3.8, 4) is 16.9 Å². The topological polar surface area (TPSA) is 96.1 Å². The third kappa shape index (κ3) is 5.31. The Morgan fingerprint density at radius 2 is 1.91 bits per heavy atom. The van der Waals surface area contributed by atoms with Crippen molar-refractivity contribution >= 4 is 23.1 Å². The fourth-order valence-corrected chi connectivity index (χ4v) is 3.71. The van der Waals surface area contributed by atoms with Gasteiger partial charge >= 0.3 is 6.36 Å². The zero-order chi connectivity index (χ0) is 25.3. The SMILES string of the molecule is C=C(F)C(=O)N1CC(C(=N)c2c(-c3cnn(C)c3)ccnc2Nc2ccc(OC(F)(F)F)cc2)C1. The Hall–Kier alpha value is -4.22. The van der Waals surface area contributed by atoms with Crippen molar-refractivity contribution in [1.82, 2.24) is 19.7 Å². The Bertz CT molecular complexity index is 1280. The van der Waals surface area contributed by atoms with E-state index in [-0.39, 0.29) is 30.5 Å². The molecule has 3 heterocycles. The Kier molecular flexibility index (Phi) is 6.29. The molecule has 0 unspecified atom stereocenters. The van der Waals surface area contributed by atoms with Gasteiger partial charge in [0.15, 0.2) is 5.83 Å². The average molecular weight is 488 g/mol. The summed E-state index contributed by atoms with van der Waals surface area (Å²) in [7, 11) is 1.75. The van der Waals surface area contributed by atoms with Crippen LogP contribution in [-0.4, -0.2) is 50.7 Å². The summed E-state index contributed by atoms with van der Waals surface area (Å²) in [6.45, 7) is 3.30. The van der Waals surface area contributed by atoms with E-state index < -0.39 is 18.1 Å². The predicted molar refractivity (Wildman–Crippen MR) is 120 cm³/mol. The molecule has 0 atom stereocenters. The molecule has 1 aromatic carbocycles. The van der Waals surface area contributed by atoms with E-state index in [0.29, 0.717) is 22.6 Å². The second kappa shape index (κ2) is 9.20. The molecule has 2 aromatic heterocycles. The predicted octanol–water partition coefficient (Wildman–Crippen LogP) is 4.43. The number of carbonyl (C=O) groups excluding carboxylic acids is 1. The van der Waals surface area contributed by atoms with Crippen molar-refractivity contribution in [3.05, 3.63) is 66.9 Å². The Balaban J connectivity index is 1.64. The van der Waals surface area contributed by atoms with Crippen LogP contribution in [0.4, 0.5) is 29.1 Å². The number of ether oxygens (including phenoxy) is 1. The van der Waals surface area contributed by atoms with E-state index in [1.807, 2.05) is 0 Å². The Morgan fingerprint density at radius 3 is 2.49 bits per heavy atom. The molecule has 8 nitrogen and oxygen atoms in total. The fraction of sp³-hybridized carbons (Fsp3) is 0.217. The number of anilines is 2. The van der Waals surface area contributed by atoms with Gasteiger partial charge in [-0.3, -0.25) is 9.48 Å².